The Bertz CT molecular complexity index is 766. The molecule has 140 valence electrons. The van der Waals surface area contributed by atoms with E-state index in [1.54, 1.807) is 19.3 Å². The molecule has 0 bridgehead atoms. The van der Waals surface area contributed by atoms with E-state index < -0.39 is 0 Å². The van der Waals surface area contributed by atoms with Crippen LogP contribution in [0.2, 0.25) is 0 Å². The minimum atomic E-state index is -0.161. The first-order valence-corrected chi connectivity index (χ1v) is 9.02. The smallest absolute Gasteiger partial charge is 0.269 e. The summed E-state index contributed by atoms with van der Waals surface area (Å²) in [5.74, 6) is 0.885. The summed E-state index contributed by atoms with van der Waals surface area (Å²) < 4.78 is 1.99. The topological polar surface area (TPSA) is 66.3 Å². The number of aromatic nitrogens is 3. The fraction of sp³-hybridized carbons (Fsp3) is 0.526. The third-order valence-electron chi connectivity index (χ3n) is 4.81. The third kappa shape index (κ3) is 3.66. The molecular formula is C19H28N6O. The minimum absolute atomic E-state index is 0.0834. The second-order valence-electron chi connectivity index (χ2n) is 7.72. The van der Waals surface area contributed by atoms with Crippen molar-refractivity contribution < 1.29 is 4.79 Å². The molecule has 1 aliphatic rings. The summed E-state index contributed by atoms with van der Waals surface area (Å²) in [6.07, 6.45) is 1.78. The van der Waals surface area contributed by atoms with E-state index >= 15 is 0 Å². The summed E-state index contributed by atoms with van der Waals surface area (Å²) in [5.41, 5.74) is 2.82. The molecule has 0 aliphatic carbocycles. The highest BCUT2D eigenvalue weighted by Crippen LogP contribution is 2.26. The van der Waals surface area contributed by atoms with Crippen LogP contribution in [0, 0.1) is 0 Å². The number of anilines is 2. The maximum Gasteiger partial charge on any atom is 0.269 e. The van der Waals surface area contributed by atoms with Gasteiger partial charge in [-0.05, 0) is 12.1 Å². The van der Waals surface area contributed by atoms with Gasteiger partial charge in [-0.15, -0.1) is 0 Å². The maximum absolute atomic E-state index is 11.6. The second-order valence-corrected chi connectivity index (χ2v) is 7.72. The Labute approximate surface area is 155 Å². The Hall–Kier alpha value is -2.57. The molecule has 0 aromatic carbocycles. The summed E-state index contributed by atoms with van der Waals surface area (Å²) in [4.78, 5) is 20.5. The molecule has 7 heteroatoms. The zero-order chi connectivity index (χ0) is 18.9. The van der Waals surface area contributed by atoms with Crippen LogP contribution in [0.15, 0.2) is 24.4 Å². The van der Waals surface area contributed by atoms with Gasteiger partial charge < -0.3 is 15.1 Å². The predicted octanol–water partition coefficient (Wildman–Crippen LogP) is 1.80. The molecule has 2 aromatic rings. The van der Waals surface area contributed by atoms with Crippen molar-refractivity contribution in [3.05, 3.63) is 35.8 Å². The van der Waals surface area contributed by atoms with Crippen LogP contribution >= 0.6 is 0 Å². The maximum atomic E-state index is 11.6. The number of nitrogens with zero attached hydrogens (tertiary/aromatic N) is 5. The van der Waals surface area contributed by atoms with Crippen molar-refractivity contribution in [1.82, 2.24) is 20.1 Å². The van der Waals surface area contributed by atoms with Crippen LogP contribution in [0.4, 0.5) is 11.5 Å². The summed E-state index contributed by atoms with van der Waals surface area (Å²) in [6, 6.07) is 5.94. The van der Waals surface area contributed by atoms with E-state index in [9.17, 15) is 4.79 Å². The van der Waals surface area contributed by atoms with Crippen LogP contribution in [0.3, 0.4) is 0 Å². The number of pyridine rings is 1. The van der Waals surface area contributed by atoms with E-state index in [0.717, 1.165) is 37.7 Å². The molecule has 3 rings (SSSR count). The molecule has 0 unspecified atom stereocenters. The fourth-order valence-electron chi connectivity index (χ4n) is 3.34. The lowest BCUT2D eigenvalue weighted by molar-refractivity contribution is 0.0958. The van der Waals surface area contributed by atoms with Crippen molar-refractivity contribution in [2.75, 3.05) is 43.0 Å². The average Bonchev–Trinajstić information content (AvgIpc) is 3.03. The number of nitrogens with one attached hydrogen (secondary N) is 1. The molecule has 1 saturated heterocycles. The van der Waals surface area contributed by atoms with Gasteiger partial charge in [0.25, 0.3) is 5.91 Å². The lowest BCUT2D eigenvalue weighted by Gasteiger charge is -2.36. The van der Waals surface area contributed by atoms with Crippen molar-refractivity contribution >= 4 is 17.4 Å². The molecule has 1 fully saturated rings. The van der Waals surface area contributed by atoms with Crippen molar-refractivity contribution in [3.8, 4) is 0 Å². The van der Waals surface area contributed by atoms with Gasteiger partial charge in [0, 0.05) is 57.4 Å². The summed E-state index contributed by atoms with van der Waals surface area (Å²) >= 11 is 0. The molecule has 26 heavy (non-hydrogen) atoms. The fourth-order valence-corrected chi connectivity index (χ4v) is 3.34. The van der Waals surface area contributed by atoms with Crippen LogP contribution in [0.25, 0.3) is 0 Å². The van der Waals surface area contributed by atoms with Crippen molar-refractivity contribution in [2.24, 2.45) is 7.05 Å². The second kappa shape index (κ2) is 6.97. The first-order valence-electron chi connectivity index (χ1n) is 9.02. The number of hydrogen-bond acceptors (Lipinski definition) is 5. The zero-order valence-electron chi connectivity index (χ0n) is 16.3. The van der Waals surface area contributed by atoms with Crippen LogP contribution in [-0.4, -0.2) is 53.9 Å². The summed E-state index contributed by atoms with van der Waals surface area (Å²) in [5, 5.41) is 7.30. The van der Waals surface area contributed by atoms with E-state index in [1.165, 1.54) is 5.69 Å². The van der Waals surface area contributed by atoms with Gasteiger partial charge in [0.05, 0.1) is 11.9 Å². The van der Waals surface area contributed by atoms with Gasteiger partial charge in [-0.2, -0.15) is 5.10 Å². The number of aryl methyl sites for hydroxylation is 1. The lowest BCUT2D eigenvalue weighted by Crippen LogP contribution is -2.46. The van der Waals surface area contributed by atoms with E-state index in [-0.39, 0.29) is 11.3 Å². The number of amides is 1. The van der Waals surface area contributed by atoms with E-state index in [1.807, 2.05) is 17.8 Å². The van der Waals surface area contributed by atoms with Crippen LogP contribution in [-0.2, 0) is 12.5 Å². The molecular weight excluding hydrogens is 328 g/mol. The normalized spacial score (nSPS) is 15.3. The summed E-state index contributed by atoms with van der Waals surface area (Å²) in [6.45, 7) is 10.3. The SMILES string of the molecule is CNC(=O)c1ccc(N2CCN(c3cc(C(C)(C)C)n(C)n3)CC2)cn1. The van der Waals surface area contributed by atoms with Gasteiger partial charge in [-0.3, -0.25) is 9.48 Å². The Morgan fingerprint density at radius 3 is 2.27 bits per heavy atom. The first kappa shape index (κ1) is 18.2. The van der Waals surface area contributed by atoms with E-state index in [4.69, 9.17) is 5.10 Å². The highest BCUT2D eigenvalue weighted by Gasteiger charge is 2.24. The molecule has 1 N–H and O–H groups in total. The Morgan fingerprint density at radius 1 is 1.12 bits per heavy atom. The molecule has 0 radical (unpaired) electrons. The molecule has 7 nitrogen and oxygen atoms in total. The first-order chi connectivity index (χ1) is 12.3. The van der Waals surface area contributed by atoms with E-state index in [0.29, 0.717) is 5.69 Å². The van der Waals surface area contributed by atoms with Crippen LogP contribution < -0.4 is 15.1 Å². The molecule has 0 spiro atoms. The lowest BCUT2D eigenvalue weighted by atomic mass is 9.92. The van der Waals surface area contributed by atoms with Crippen LogP contribution in [0.1, 0.15) is 37.0 Å². The van der Waals surface area contributed by atoms with Gasteiger partial charge in [0.1, 0.15) is 5.69 Å². The number of carbonyl (C=O) groups is 1. The quantitative estimate of drug-likeness (QED) is 0.908. The molecule has 3 heterocycles. The predicted molar refractivity (Wildman–Crippen MR) is 104 cm³/mol. The van der Waals surface area contributed by atoms with Crippen molar-refractivity contribution in [1.29, 1.82) is 0 Å². The van der Waals surface area contributed by atoms with Gasteiger partial charge in [-0.25, -0.2) is 4.98 Å². The molecule has 1 amide bonds. The van der Waals surface area contributed by atoms with Crippen molar-refractivity contribution in [2.45, 2.75) is 26.2 Å². The highest BCUT2D eigenvalue weighted by atomic mass is 16.1. The van der Waals surface area contributed by atoms with Gasteiger partial charge in [0.15, 0.2) is 5.82 Å². The number of piperazine rings is 1. The molecule has 1 aliphatic heterocycles. The number of carbonyl (C=O) groups excluding carboxylic acids is 1. The molecule has 2 aromatic heterocycles. The largest absolute Gasteiger partial charge is 0.367 e. The number of hydrogen-bond donors (Lipinski definition) is 1. The zero-order valence-corrected chi connectivity index (χ0v) is 16.3. The monoisotopic (exact) mass is 356 g/mol. The van der Waals surface area contributed by atoms with Gasteiger partial charge in [0.2, 0.25) is 0 Å². The van der Waals surface area contributed by atoms with Gasteiger partial charge >= 0.3 is 0 Å². The minimum Gasteiger partial charge on any atom is -0.367 e. The standard InChI is InChI=1S/C19H28N6O/c1-19(2,3)16-12-17(22-23(16)5)25-10-8-24(9-11-25)14-6-7-15(21-13-14)18(26)20-4/h6-7,12-13H,8-11H2,1-5H3,(H,20,26). The van der Waals surface area contributed by atoms with Crippen LogP contribution in [0.5, 0.6) is 0 Å². The molecule has 0 saturated carbocycles. The summed E-state index contributed by atoms with van der Waals surface area (Å²) in [7, 11) is 3.62. The van der Waals surface area contributed by atoms with E-state index in [2.05, 4.69) is 46.9 Å². The van der Waals surface area contributed by atoms with Crippen molar-refractivity contribution in [3.63, 3.8) is 0 Å². The Morgan fingerprint density at radius 2 is 1.77 bits per heavy atom. The Balaban J connectivity index is 1.65. The number of rotatable bonds is 3. The third-order valence-corrected chi connectivity index (χ3v) is 4.81. The Kier molecular flexibility index (Phi) is 4.89. The average molecular weight is 356 g/mol. The van der Waals surface area contributed by atoms with Gasteiger partial charge in [-0.1, -0.05) is 20.8 Å². The highest BCUT2D eigenvalue weighted by molar-refractivity contribution is 5.92. The molecule has 0 atom stereocenters.